The van der Waals surface area contributed by atoms with Gasteiger partial charge in [0.15, 0.2) is 5.78 Å². The van der Waals surface area contributed by atoms with Crippen molar-refractivity contribution in [1.82, 2.24) is 4.90 Å². The van der Waals surface area contributed by atoms with Crippen molar-refractivity contribution >= 4 is 11.9 Å². The molecule has 5 nitrogen and oxygen atoms in total. The topological polar surface area (TPSA) is 55.8 Å². The van der Waals surface area contributed by atoms with E-state index in [2.05, 4.69) is 0 Å². The fraction of sp³-hybridized carbons (Fsp3) is 0.724. The SMILES string of the molecule is CC(C)(C)OC(=O)N1CCC2(CC1)CC(CCCOC1=CC=C(C(=O)C=C3CCCC3)C(F)C1)C2. The highest BCUT2D eigenvalue weighted by Gasteiger charge is 2.46. The largest absolute Gasteiger partial charge is 0.498 e. The lowest BCUT2D eigenvalue weighted by atomic mass is 9.56. The minimum atomic E-state index is -1.28. The zero-order chi connectivity index (χ0) is 25.1. The molecular weight excluding hydrogens is 445 g/mol. The summed E-state index contributed by atoms with van der Waals surface area (Å²) in [5, 5.41) is 0. The fourth-order valence-corrected chi connectivity index (χ4v) is 6.07. The Balaban J connectivity index is 1.12. The van der Waals surface area contributed by atoms with Gasteiger partial charge < -0.3 is 14.4 Å². The van der Waals surface area contributed by atoms with Gasteiger partial charge in [-0.1, -0.05) is 5.57 Å². The van der Waals surface area contributed by atoms with Crippen LogP contribution in [0.25, 0.3) is 0 Å². The predicted octanol–water partition coefficient (Wildman–Crippen LogP) is 6.83. The molecule has 1 amide bonds. The van der Waals surface area contributed by atoms with Crippen LogP contribution in [0, 0.1) is 11.3 Å². The second-order valence-corrected chi connectivity index (χ2v) is 12.0. The number of carbonyl (C=O) groups is 2. The van der Waals surface area contributed by atoms with Crippen molar-refractivity contribution in [3.63, 3.8) is 0 Å². The summed E-state index contributed by atoms with van der Waals surface area (Å²) in [6.07, 6.45) is 14.6. The van der Waals surface area contributed by atoms with E-state index in [4.69, 9.17) is 9.47 Å². The standard InChI is InChI=1S/C29H42FNO4/c1-28(2,3)35-27(33)31-14-12-29(13-15-31)19-22(20-29)9-6-16-34-23-10-11-24(25(30)18-23)26(32)17-21-7-4-5-8-21/h10-11,17,22,25H,4-9,12-16,18-20H2,1-3H3. The maximum Gasteiger partial charge on any atom is 0.410 e. The lowest BCUT2D eigenvalue weighted by molar-refractivity contribution is -0.112. The van der Waals surface area contributed by atoms with Crippen molar-refractivity contribution < 1.29 is 23.5 Å². The van der Waals surface area contributed by atoms with Gasteiger partial charge in [0.2, 0.25) is 0 Å². The van der Waals surface area contributed by atoms with E-state index in [0.29, 0.717) is 23.7 Å². The molecule has 35 heavy (non-hydrogen) atoms. The number of ether oxygens (including phenoxy) is 2. The minimum Gasteiger partial charge on any atom is -0.498 e. The molecule has 1 heterocycles. The summed E-state index contributed by atoms with van der Waals surface area (Å²) in [6.45, 7) is 7.89. The molecule has 1 atom stereocenters. The Labute approximate surface area is 209 Å². The molecule has 1 saturated heterocycles. The number of halogens is 1. The lowest BCUT2D eigenvalue weighted by Gasteiger charge is -2.52. The van der Waals surface area contributed by atoms with E-state index in [1.807, 2.05) is 25.7 Å². The van der Waals surface area contributed by atoms with Crippen molar-refractivity contribution in [3.8, 4) is 0 Å². The van der Waals surface area contributed by atoms with Crippen molar-refractivity contribution in [2.24, 2.45) is 11.3 Å². The third-order valence-corrected chi connectivity index (χ3v) is 8.00. The Morgan fingerprint density at radius 1 is 1.14 bits per heavy atom. The van der Waals surface area contributed by atoms with Crippen LogP contribution in [-0.4, -0.2) is 48.2 Å². The zero-order valence-corrected chi connectivity index (χ0v) is 21.7. The molecule has 0 aromatic heterocycles. The van der Waals surface area contributed by atoms with E-state index < -0.39 is 11.8 Å². The zero-order valence-electron chi connectivity index (χ0n) is 21.7. The number of amides is 1. The first-order valence-electron chi connectivity index (χ1n) is 13.5. The monoisotopic (exact) mass is 487 g/mol. The van der Waals surface area contributed by atoms with Crippen LogP contribution in [0.4, 0.5) is 9.18 Å². The molecule has 0 bridgehead atoms. The predicted molar refractivity (Wildman–Crippen MR) is 135 cm³/mol. The van der Waals surface area contributed by atoms with Crippen molar-refractivity contribution in [2.75, 3.05) is 19.7 Å². The molecule has 194 valence electrons. The average molecular weight is 488 g/mol. The highest BCUT2D eigenvalue weighted by Crippen LogP contribution is 2.54. The Kier molecular flexibility index (Phi) is 8.07. The number of likely N-dealkylation sites (tertiary alicyclic amines) is 1. The summed E-state index contributed by atoms with van der Waals surface area (Å²) >= 11 is 0. The van der Waals surface area contributed by atoms with Gasteiger partial charge in [-0.2, -0.15) is 0 Å². The fourth-order valence-electron chi connectivity index (χ4n) is 6.07. The number of hydrogen-bond donors (Lipinski definition) is 0. The number of rotatable bonds is 7. The summed E-state index contributed by atoms with van der Waals surface area (Å²) in [5.41, 5.74) is 1.37. The molecule has 4 aliphatic rings. The summed E-state index contributed by atoms with van der Waals surface area (Å²) < 4.78 is 26.0. The maximum absolute atomic E-state index is 14.6. The third kappa shape index (κ3) is 6.98. The van der Waals surface area contributed by atoms with Crippen molar-refractivity contribution in [3.05, 3.63) is 35.1 Å². The molecule has 3 fully saturated rings. The van der Waals surface area contributed by atoms with Crippen LogP contribution in [0.3, 0.4) is 0 Å². The third-order valence-electron chi connectivity index (χ3n) is 8.00. The molecular formula is C29H42FNO4. The minimum absolute atomic E-state index is 0.154. The molecule has 3 aliphatic carbocycles. The van der Waals surface area contributed by atoms with Gasteiger partial charge in [0, 0.05) is 25.1 Å². The Bertz CT molecular complexity index is 873. The van der Waals surface area contributed by atoms with Gasteiger partial charge in [-0.3, -0.25) is 4.79 Å². The summed E-state index contributed by atoms with van der Waals surface area (Å²) in [4.78, 5) is 26.5. The van der Waals surface area contributed by atoms with Gasteiger partial charge in [-0.15, -0.1) is 0 Å². The number of hydrogen-bond acceptors (Lipinski definition) is 4. The van der Waals surface area contributed by atoms with Gasteiger partial charge in [0.1, 0.15) is 11.8 Å². The normalized spacial score (nSPS) is 24.5. The molecule has 6 heteroatoms. The second kappa shape index (κ2) is 10.9. The molecule has 0 aromatic rings. The molecule has 1 unspecified atom stereocenters. The first-order chi connectivity index (χ1) is 16.6. The number of piperidine rings is 1. The Hall–Kier alpha value is -2.11. The van der Waals surface area contributed by atoms with Crippen LogP contribution in [0.2, 0.25) is 0 Å². The van der Waals surface area contributed by atoms with Crippen molar-refractivity contribution in [1.29, 1.82) is 0 Å². The first-order valence-corrected chi connectivity index (χ1v) is 13.5. The van der Waals surface area contributed by atoms with Crippen molar-refractivity contribution in [2.45, 2.75) is 103 Å². The number of allylic oxidation sites excluding steroid dienone is 6. The summed E-state index contributed by atoms with van der Waals surface area (Å²) in [7, 11) is 0. The quantitative estimate of drug-likeness (QED) is 0.292. The van der Waals surface area contributed by atoms with Gasteiger partial charge >= 0.3 is 6.09 Å². The second-order valence-electron chi connectivity index (χ2n) is 12.0. The molecule has 0 N–H and O–H groups in total. The summed E-state index contributed by atoms with van der Waals surface area (Å²) in [6, 6.07) is 0. The molecule has 4 rings (SSSR count). The average Bonchev–Trinajstić information content (AvgIpc) is 3.27. The van der Waals surface area contributed by atoms with Gasteiger partial charge in [0.05, 0.1) is 12.4 Å². The van der Waals surface area contributed by atoms with Crippen LogP contribution in [0.15, 0.2) is 35.1 Å². The summed E-state index contributed by atoms with van der Waals surface area (Å²) in [5.74, 6) is 1.18. The van der Waals surface area contributed by atoms with Crippen LogP contribution in [-0.2, 0) is 14.3 Å². The number of alkyl halides is 1. The maximum atomic E-state index is 14.6. The van der Waals surface area contributed by atoms with Crippen LogP contribution >= 0.6 is 0 Å². The Morgan fingerprint density at radius 2 is 1.83 bits per heavy atom. The molecule has 0 aromatic carbocycles. The molecule has 0 radical (unpaired) electrons. The van der Waals surface area contributed by atoms with Crippen LogP contribution in [0.1, 0.15) is 91.4 Å². The Morgan fingerprint density at radius 3 is 2.46 bits per heavy atom. The van der Waals surface area contributed by atoms with E-state index >= 15 is 0 Å². The highest BCUT2D eigenvalue weighted by molar-refractivity contribution is 6.05. The van der Waals surface area contributed by atoms with E-state index in [0.717, 1.165) is 70.0 Å². The number of nitrogens with zero attached hydrogens (tertiary/aromatic N) is 1. The van der Waals surface area contributed by atoms with Gasteiger partial charge in [-0.25, -0.2) is 9.18 Å². The molecule has 1 aliphatic heterocycles. The van der Waals surface area contributed by atoms with E-state index in [9.17, 15) is 14.0 Å². The molecule has 1 spiro atoms. The van der Waals surface area contributed by atoms with Crippen LogP contribution in [0.5, 0.6) is 0 Å². The molecule has 2 saturated carbocycles. The smallest absolute Gasteiger partial charge is 0.410 e. The number of carbonyl (C=O) groups excluding carboxylic acids is 2. The first kappa shape index (κ1) is 26.0. The number of ketones is 1. The highest BCUT2D eigenvalue weighted by atomic mass is 19.1. The van der Waals surface area contributed by atoms with Gasteiger partial charge in [0.25, 0.3) is 0 Å². The van der Waals surface area contributed by atoms with E-state index in [1.165, 1.54) is 12.8 Å². The van der Waals surface area contributed by atoms with Crippen LogP contribution < -0.4 is 0 Å². The lowest BCUT2D eigenvalue weighted by Crippen LogP contribution is -2.49. The van der Waals surface area contributed by atoms with Gasteiger partial charge in [-0.05, 0) is 115 Å². The van der Waals surface area contributed by atoms with E-state index in [-0.39, 0.29) is 23.9 Å². The van der Waals surface area contributed by atoms with E-state index in [1.54, 1.807) is 18.2 Å².